The Morgan fingerprint density at radius 3 is 1.55 bits per heavy atom. The molecule has 6 heteroatoms. The van der Waals surface area contributed by atoms with Crippen LogP contribution in [0.15, 0.2) is 267 Å². The van der Waals surface area contributed by atoms with E-state index in [1.807, 2.05) is 71.3 Å². The zero-order valence-corrected chi connectivity index (χ0v) is 46.8. The van der Waals surface area contributed by atoms with E-state index in [2.05, 4.69) is 209 Å². The van der Waals surface area contributed by atoms with E-state index < -0.39 is 13.5 Å². The fourth-order valence-corrected chi connectivity index (χ4v) is 16.4. The fourth-order valence-electron chi connectivity index (χ4n) is 11.6. The molecule has 0 amide bonds. The van der Waals surface area contributed by atoms with E-state index in [0.717, 1.165) is 55.8 Å². The van der Waals surface area contributed by atoms with Gasteiger partial charge in [-0.25, -0.2) is 4.98 Å². The molecule has 390 valence electrons. The number of hydrogen-bond donors (Lipinski definition) is 0. The van der Waals surface area contributed by atoms with Crippen molar-refractivity contribution in [3.8, 4) is 39.6 Å². The number of benzene rings is 10. The molecular weight excluding hydrogens is 989 g/mol. The number of para-hydroxylation sites is 3. The van der Waals surface area contributed by atoms with Gasteiger partial charge in [-0.2, -0.15) is 0 Å². The van der Waals surface area contributed by atoms with Crippen LogP contribution in [-0.2, 0) is 10.8 Å². The molecule has 0 spiro atoms. The van der Waals surface area contributed by atoms with Gasteiger partial charge in [-0.1, -0.05) is 223 Å². The van der Waals surface area contributed by atoms with Crippen LogP contribution in [0.3, 0.4) is 0 Å². The highest BCUT2D eigenvalue weighted by atomic mass is 28.3. The van der Waals surface area contributed by atoms with Crippen molar-refractivity contribution in [2.45, 2.75) is 52.4 Å². The van der Waals surface area contributed by atoms with Crippen LogP contribution in [0.5, 0.6) is 11.5 Å². The van der Waals surface area contributed by atoms with Crippen LogP contribution in [0.25, 0.3) is 49.9 Å². The highest BCUT2D eigenvalue weighted by Crippen LogP contribution is 2.52. The van der Waals surface area contributed by atoms with E-state index in [4.69, 9.17) is 12.5 Å². The maximum absolute atomic E-state index is 10.2. The highest BCUT2D eigenvalue weighted by molar-refractivity contribution is 7.20. The summed E-state index contributed by atoms with van der Waals surface area (Å²) in [5.74, 6) is 1.59. The van der Waals surface area contributed by atoms with Gasteiger partial charge < -0.3 is 14.5 Å². The minimum atomic E-state index is -3.27. The third-order valence-corrected chi connectivity index (χ3v) is 20.3. The van der Waals surface area contributed by atoms with E-state index in [1.165, 1.54) is 15.6 Å². The molecule has 1 aliphatic rings. The van der Waals surface area contributed by atoms with Crippen molar-refractivity contribution in [1.82, 2.24) is 9.55 Å². The van der Waals surface area contributed by atoms with Crippen molar-refractivity contribution in [2.24, 2.45) is 0 Å². The number of rotatable bonds is 11. The largest absolute Gasteiger partial charge is 0.457 e. The summed E-state index contributed by atoms with van der Waals surface area (Å²) in [5, 5.41) is 5.67. The predicted octanol–water partition coefficient (Wildman–Crippen LogP) is 16.5. The summed E-state index contributed by atoms with van der Waals surface area (Å²) < 4.78 is 65.9. The lowest BCUT2D eigenvalue weighted by atomic mass is 9.82. The molecule has 2 aromatic heterocycles. The average molecular weight is 1060 g/mol. The molecule has 0 saturated carbocycles. The Morgan fingerprint density at radius 1 is 0.463 bits per heavy atom. The molecule has 3 heterocycles. The van der Waals surface area contributed by atoms with E-state index in [1.54, 1.807) is 6.20 Å². The molecule has 0 unspecified atom stereocenters. The molecule has 12 aromatic rings. The molecule has 10 aromatic carbocycles. The summed E-state index contributed by atoms with van der Waals surface area (Å²) in [6.07, 6.45) is 1.76. The lowest BCUT2D eigenvalue weighted by molar-refractivity contribution is 0.484. The maximum Gasteiger partial charge on any atom is 0.179 e. The minimum Gasteiger partial charge on any atom is -0.457 e. The van der Waals surface area contributed by atoms with Crippen molar-refractivity contribution in [2.75, 3.05) is 16.5 Å². The van der Waals surface area contributed by atoms with Crippen molar-refractivity contribution in [3.63, 3.8) is 0 Å². The summed E-state index contributed by atoms with van der Waals surface area (Å²) >= 11 is 0. The van der Waals surface area contributed by atoms with Gasteiger partial charge in [-0.15, -0.1) is 0 Å². The second-order valence-electron chi connectivity index (χ2n) is 22.7. The molecule has 0 aliphatic carbocycles. The van der Waals surface area contributed by atoms with E-state index >= 15 is 0 Å². The summed E-state index contributed by atoms with van der Waals surface area (Å²) in [4.78, 5) is 9.50. The summed E-state index contributed by atoms with van der Waals surface area (Å²) in [6.45, 7) is 13.0. The average Bonchev–Trinajstić information content (AvgIpc) is 1.40. The molecule has 0 saturated heterocycles. The zero-order valence-electron chi connectivity index (χ0n) is 51.8. The minimum absolute atomic E-state index is 0.124. The Balaban J connectivity index is 1.08. The van der Waals surface area contributed by atoms with Crippen LogP contribution < -0.4 is 35.3 Å². The Hall–Kier alpha value is -9.23. The number of hydrogen-bond acceptors (Lipinski definition) is 4. The SMILES string of the molecule is [2H]c1c(-c2ccccc2)c(N2CN(c3cc(Oc4ccc5c6c([2H])c([2H])c([2H])c([2H])c6n(-c6cc(C(C)(C)C)ccn6)c5c4)cc([Si](c4ccccc4)(c4ccccc4)c4ccccc4)c3)c3ccccc32)c(-c2ccccc2)c([2H])c1C(C)(C)C. The van der Waals surface area contributed by atoms with Crippen LogP contribution in [0.2, 0.25) is 0 Å². The third kappa shape index (κ3) is 8.96. The molecule has 1 aliphatic heterocycles. The van der Waals surface area contributed by atoms with Crippen molar-refractivity contribution >= 4 is 73.4 Å². The quantitative estimate of drug-likeness (QED) is 0.0955. The van der Waals surface area contributed by atoms with Gasteiger partial charge in [0.2, 0.25) is 0 Å². The number of ether oxygens (including phenoxy) is 1. The van der Waals surface area contributed by atoms with E-state index in [-0.39, 0.29) is 29.6 Å². The molecule has 0 N–H and O–H groups in total. The molecule has 5 nitrogen and oxygen atoms in total. The lowest BCUT2D eigenvalue weighted by Crippen LogP contribution is -2.74. The molecule has 13 rings (SSSR count). The lowest BCUT2D eigenvalue weighted by Gasteiger charge is -2.35. The molecule has 80 heavy (non-hydrogen) atoms. The second kappa shape index (κ2) is 20.2. The van der Waals surface area contributed by atoms with Crippen LogP contribution in [0, 0.1) is 0 Å². The molecule has 0 fully saturated rings. The van der Waals surface area contributed by atoms with Gasteiger partial charge in [-0.3, -0.25) is 4.57 Å². The first kappa shape index (κ1) is 43.7. The van der Waals surface area contributed by atoms with Crippen molar-refractivity contribution in [1.29, 1.82) is 0 Å². The summed E-state index contributed by atoms with van der Waals surface area (Å²) in [6, 6.07) is 77.3. The summed E-state index contributed by atoms with van der Waals surface area (Å²) in [5.41, 5.74) is 8.68. The highest BCUT2D eigenvalue weighted by Gasteiger charge is 2.43. The van der Waals surface area contributed by atoms with Crippen LogP contribution in [0.1, 0.15) is 60.9 Å². The molecule has 0 radical (unpaired) electrons. The standard InChI is InChI=1S/C74H64N4OSi/c1-73(2,3)54-42-43-75-71(46-54)78-67-37-23-22-36-63(67)64-41-40-57(50-70(64)78)79-58-47-56(48-62(49-58)80(59-30-16-9-17-31-59,60-32-18-10-19-33-60)61-34-20-11-21-35-61)76-51-77(69-39-25-24-38-68(69)76)72-65(52-26-12-7-13-27-52)44-55(74(4,5)6)45-66(72)53-28-14-8-15-29-53/h7-50H,51H2,1-6H3/i22D,23D,36D,37D,44D,45D. The summed E-state index contributed by atoms with van der Waals surface area (Å²) in [7, 11) is -3.27. The predicted molar refractivity (Wildman–Crippen MR) is 339 cm³/mol. The Kier molecular flexibility index (Phi) is 11.0. The Labute approximate surface area is 480 Å². The first-order chi connectivity index (χ1) is 41.4. The van der Waals surface area contributed by atoms with Crippen LogP contribution in [0.4, 0.5) is 22.7 Å². The smallest absolute Gasteiger partial charge is 0.179 e. The first-order valence-corrected chi connectivity index (χ1v) is 29.4. The fraction of sp³-hybridized carbons (Fsp3) is 0.122. The topological polar surface area (TPSA) is 33.5 Å². The molecule has 0 bridgehead atoms. The number of aromatic nitrogens is 2. The number of nitrogens with zero attached hydrogens (tertiary/aromatic N) is 4. The van der Waals surface area contributed by atoms with Gasteiger partial charge >= 0.3 is 0 Å². The van der Waals surface area contributed by atoms with Crippen molar-refractivity contribution < 1.29 is 13.0 Å². The maximum atomic E-state index is 10.2. The van der Waals surface area contributed by atoms with Gasteiger partial charge in [-0.05, 0) is 120 Å². The Bertz CT molecular complexity index is 4410. The van der Waals surface area contributed by atoms with Crippen LogP contribution >= 0.6 is 0 Å². The van der Waals surface area contributed by atoms with Crippen molar-refractivity contribution in [3.05, 3.63) is 278 Å². The van der Waals surface area contributed by atoms with Gasteiger partial charge in [0.05, 0.1) is 36.3 Å². The normalized spacial score (nSPS) is 13.8. The number of fused-ring (bicyclic) bond motifs is 4. The van der Waals surface area contributed by atoms with Gasteiger partial charge in [0.1, 0.15) is 24.0 Å². The van der Waals surface area contributed by atoms with Crippen LogP contribution in [-0.4, -0.2) is 24.3 Å². The number of anilines is 4. The first-order valence-electron chi connectivity index (χ1n) is 30.4. The molecular formula is C74H64N4OSi. The van der Waals surface area contributed by atoms with E-state index in [9.17, 15) is 5.48 Å². The number of pyridine rings is 1. The molecule has 0 atom stereocenters. The van der Waals surface area contributed by atoms with Gasteiger partial charge in [0.25, 0.3) is 0 Å². The van der Waals surface area contributed by atoms with Gasteiger partial charge in [0.15, 0.2) is 8.07 Å². The van der Waals surface area contributed by atoms with E-state index in [0.29, 0.717) is 63.4 Å². The monoisotopic (exact) mass is 1060 g/mol. The Morgan fingerprint density at radius 2 is 0.988 bits per heavy atom. The van der Waals surface area contributed by atoms with Gasteiger partial charge in [0, 0.05) is 45.9 Å². The second-order valence-corrected chi connectivity index (χ2v) is 26.6. The third-order valence-electron chi connectivity index (χ3n) is 15.6. The zero-order chi connectivity index (χ0) is 59.8.